The highest BCUT2D eigenvalue weighted by molar-refractivity contribution is 5.80. The van der Waals surface area contributed by atoms with Crippen LogP contribution in [-0.4, -0.2) is 11.9 Å². The summed E-state index contributed by atoms with van der Waals surface area (Å²) in [6.45, 7) is 1.68. The second-order valence-electron chi connectivity index (χ2n) is 3.96. The summed E-state index contributed by atoms with van der Waals surface area (Å²) in [4.78, 5) is 11.1. The van der Waals surface area contributed by atoms with Gasteiger partial charge < -0.3 is 5.32 Å². The highest BCUT2D eigenvalue weighted by Crippen LogP contribution is 2.31. The van der Waals surface area contributed by atoms with Crippen molar-refractivity contribution in [2.75, 3.05) is 0 Å². The lowest BCUT2D eigenvalue weighted by molar-refractivity contribution is -0.119. The molecule has 0 saturated carbocycles. The van der Waals surface area contributed by atoms with Crippen LogP contribution >= 0.6 is 0 Å². The van der Waals surface area contributed by atoms with Crippen LogP contribution in [0.3, 0.4) is 0 Å². The zero-order chi connectivity index (χ0) is 11.9. The molecule has 5 heteroatoms. The Morgan fingerprint density at radius 3 is 2.56 bits per heavy atom. The van der Waals surface area contributed by atoms with Gasteiger partial charge in [0.15, 0.2) is 11.6 Å². The molecule has 1 aliphatic heterocycles. The van der Waals surface area contributed by atoms with Crippen LogP contribution in [0.2, 0.25) is 0 Å². The lowest BCUT2D eigenvalue weighted by atomic mass is 9.92. The van der Waals surface area contributed by atoms with Gasteiger partial charge in [-0.05, 0) is 18.6 Å². The number of hydrogen-bond donors (Lipinski definition) is 1. The molecule has 0 spiro atoms. The molecule has 2 nitrogen and oxygen atoms in total. The van der Waals surface area contributed by atoms with E-state index in [9.17, 15) is 18.0 Å². The minimum absolute atomic E-state index is 0.0565. The molecule has 0 aliphatic carbocycles. The molecule has 1 amide bonds. The van der Waals surface area contributed by atoms with E-state index in [0.717, 1.165) is 6.07 Å². The van der Waals surface area contributed by atoms with Gasteiger partial charge in [0.1, 0.15) is 5.82 Å². The second kappa shape index (κ2) is 3.81. The lowest BCUT2D eigenvalue weighted by Gasteiger charge is -2.15. The Kier molecular flexibility index (Phi) is 2.61. The maximum Gasteiger partial charge on any atom is 0.220 e. The van der Waals surface area contributed by atoms with Crippen molar-refractivity contribution in [1.29, 1.82) is 0 Å². The number of carbonyl (C=O) groups excluding carboxylic acids is 1. The van der Waals surface area contributed by atoms with E-state index in [1.807, 2.05) is 0 Å². The summed E-state index contributed by atoms with van der Waals surface area (Å²) in [5.41, 5.74) is -0.0802. The van der Waals surface area contributed by atoms with Gasteiger partial charge in [0.2, 0.25) is 5.91 Å². The molecule has 1 saturated heterocycles. The van der Waals surface area contributed by atoms with E-state index >= 15 is 0 Å². The first-order valence-electron chi connectivity index (χ1n) is 4.93. The van der Waals surface area contributed by atoms with Crippen LogP contribution in [0.5, 0.6) is 0 Å². The predicted molar refractivity (Wildman–Crippen MR) is 51.3 cm³/mol. The zero-order valence-electron chi connectivity index (χ0n) is 8.56. The fraction of sp³-hybridized carbons (Fsp3) is 0.364. The van der Waals surface area contributed by atoms with Crippen LogP contribution in [0.25, 0.3) is 0 Å². The van der Waals surface area contributed by atoms with Crippen molar-refractivity contribution in [3.63, 3.8) is 0 Å². The summed E-state index contributed by atoms with van der Waals surface area (Å²) >= 11 is 0. The molecule has 1 heterocycles. The van der Waals surface area contributed by atoms with Crippen molar-refractivity contribution in [3.8, 4) is 0 Å². The minimum Gasteiger partial charge on any atom is -0.353 e. The maximum absolute atomic E-state index is 13.5. The van der Waals surface area contributed by atoms with Crippen LogP contribution in [0.4, 0.5) is 13.2 Å². The normalized spacial score (nSPS) is 24.6. The van der Waals surface area contributed by atoms with Crippen LogP contribution in [0.15, 0.2) is 12.1 Å². The first kappa shape index (κ1) is 11.0. The molecule has 1 aromatic rings. The highest BCUT2D eigenvalue weighted by atomic mass is 19.2. The first-order valence-corrected chi connectivity index (χ1v) is 4.93. The van der Waals surface area contributed by atoms with Gasteiger partial charge in [-0.15, -0.1) is 0 Å². The third-order valence-electron chi connectivity index (χ3n) is 2.82. The topological polar surface area (TPSA) is 29.1 Å². The fourth-order valence-electron chi connectivity index (χ4n) is 2.01. The molecule has 1 fully saturated rings. The summed E-state index contributed by atoms with van der Waals surface area (Å²) in [6.07, 6.45) is 0.0565. The molecule has 2 rings (SSSR count). The number of halogens is 3. The van der Waals surface area contributed by atoms with E-state index < -0.39 is 23.4 Å². The molecule has 0 bridgehead atoms. The number of nitrogens with one attached hydrogen (secondary N) is 1. The summed E-state index contributed by atoms with van der Waals surface area (Å²) in [5, 5.41) is 2.58. The maximum atomic E-state index is 13.5. The Morgan fingerprint density at radius 1 is 1.31 bits per heavy atom. The van der Waals surface area contributed by atoms with E-state index in [2.05, 4.69) is 5.32 Å². The Morgan fingerprint density at radius 2 is 2.00 bits per heavy atom. The Bertz CT molecular complexity index is 447. The van der Waals surface area contributed by atoms with E-state index in [-0.39, 0.29) is 23.9 Å². The quantitative estimate of drug-likeness (QED) is 0.734. The van der Waals surface area contributed by atoms with Gasteiger partial charge in [0.05, 0.1) is 0 Å². The standard InChI is InChI=1S/C11H10F3NO/c1-5-7(4-10(16)15-5)8-2-6(12)3-9(13)11(8)14/h2-3,5,7H,4H2,1H3,(H,15,16). The predicted octanol–water partition coefficient (Wildman–Crippen LogP) is 2.10. The van der Waals surface area contributed by atoms with Crippen molar-refractivity contribution in [2.24, 2.45) is 0 Å². The fourth-order valence-corrected chi connectivity index (χ4v) is 2.01. The SMILES string of the molecule is CC1NC(=O)CC1c1cc(F)cc(F)c1F. The number of carbonyl (C=O) groups is 1. The third kappa shape index (κ3) is 1.77. The summed E-state index contributed by atoms with van der Waals surface area (Å²) < 4.78 is 39.4. The van der Waals surface area contributed by atoms with Crippen molar-refractivity contribution in [1.82, 2.24) is 5.32 Å². The largest absolute Gasteiger partial charge is 0.353 e. The Labute approximate surface area is 90.5 Å². The summed E-state index contributed by atoms with van der Waals surface area (Å²) in [6, 6.07) is 1.12. The van der Waals surface area contributed by atoms with Gasteiger partial charge in [-0.1, -0.05) is 0 Å². The summed E-state index contributed by atoms with van der Waals surface area (Å²) in [5.74, 6) is -3.88. The molecule has 0 aromatic heterocycles. The molecule has 2 atom stereocenters. The highest BCUT2D eigenvalue weighted by Gasteiger charge is 2.33. The molecule has 2 unspecified atom stereocenters. The van der Waals surface area contributed by atoms with Gasteiger partial charge in [0, 0.05) is 24.4 Å². The lowest BCUT2D eigenvalue weighted by Crippen LogP contribution is -2.25. The number of benzene rings is 1. The molecule has 1 N–H and O–H groups in total. The van der Waals surface area contributed by atoms with Crippen molar-refractivity contribution < 1.29 is 18.0 Å². The van der Waals surface area contributed by atoms with Gasteiger partial charge in [-0.25, -0.2) is 13.2 Å². The van der Waals surface area contributed by atoms with Gasteiger partial charge >= 0.3 is 0 Å². The Balaban J connectivity index is 2.44. The van der Waals surface area contributed by atoms with E-state index in [1.54, 1.807) is 6.92 Å². The monoisotopic (exact) mass is 229 g/mol. The van der Waals surface area contributed by atoms with Gasteiger partial charge in [-0.3, -0.25) is 4.79 Å². The number of rotatable bonds is 1. The number of hydrogen-bond acceptors (Lipinski definition) is 1. The molecular formula is C11H10F3NO. The van der Waals surface area contributed by atoms with Crippen LogP contribution < -0.4 is 5.32 Å². The van der Waals surface area contributed by atoms with Crippen molar-refractivity contribution >= 4 is 5.91 Å². The molecule has 86 valence electrons. The average Bonchev–Trinajstić information content (AvgIpc) is 2.51. The van der Waals surface area contributed by atoms with Crippen LogP contribution in [0, 0.1) is 17.5 Å². The van der Waals surface area contributed by atoms with Crippen molar-refractivity contribution in [2.45, 2.75) is 25.3 Å². The first-order chi connectivity index (χ1) is 7.49. The average molecular weight is 229 g/mol. The molecular weight excluding hydrogens is 219 g/mol. The van der Waals surface area contributed by atoms with Crippen LogP contribution in [-0.2, 0) is 4.79 Å². The Hall–Kier alpha value is -1.52. The molecule has 1 aromatic carbocycles. The third-order valence-corrected chi connectivity index (χ3v) is 2.82. The number of amides is 1. The van der Waals surface area contributed by atoms with Gasteiger partial charge in [-0.2, -0.15) is 0 Å². The van der Waals surface area contributed by atoms with Gasteiger partial charge in [0.25, 0.3) is 0 Å². The summed E-state index contributed by atoms with van der Waals surface area (Å²) in [7, 11) is 0. The van der Waals surface area contributed by atoms with Crippen LogP contribution in [0.1, 0.15) is 24.8 Å². The molecule has 0 radical (unpaired) electrons. The van der Waals surface area contributed by atoms with E-state index in [0.29, 0.717) is 6.07 Å². The zero-order valence-corrected chi connectivity index (χ0v) is 8.56. The van der Waals surface area contributed by atoms with E-state index in [1.165, 1.54) is 0 Å². The van der Waals surface area contributed by atoms with Crippen molar-refractivity contribution in [3.05, 3.63) is 35.1 Å². The molecule has 1 aliphatic rings. The smallest absolute Gasteiger partial charge is 0.220 e. The second-order valence-corrected chi connectivity index (χ2v) is 3.96. The molecule has 16 heavy (non-hydrogen) atoms. The minimum atomic E-state index is -1.22. The van der Waals surface area contributed by atoms with E-state index in [4.69, 9.17) is 0 Å².